The van der Waals surface area contributed by atoms with Crippen molar-refractivity contribution in [3.63, 3.8) is 0 Å². The number of imidazole rings is 2. The third kappa shape index (κ3) is 8.36. The van der Waals surface area contributed by atoms with E-state index in [1.807, 2.05) is 70.7 Å². The van der Waals surface area contributed by atoms with Crippen LogP contribution in [-0.2, 0) is 14.3 Å². The Balaban J connectivity index is 1.04. The first-order valence-corrected chi connectivity index (χ1v) is 20.3. The number of aromatic amines is 2. The summed E-state index contributed by atoms with van der Waals surface area (Å²) in [7, 11) is 1.29. The van der Waals surface area contributed by atoms with Gasteiger partial charge in [0.2, 0.25) is 11.8 Å². The normalized spacial score (nSPS) is 20.3. The molecule has 6 atom stereocenters. The number of hydrogen-bond donors (Lipinski definition) is 5. The van der Waals surface area contributed by atoms with Crippen molar-refractivity contribution in [3.8, 4) is 33.8 Å². The number of carbonyl (C=O) groups excluding carboxylic acids is 3. The predicted molar refractivity (Wildman–Crippen MR) is 223 cm³/mol. The Labute approximate surface area is 343 Å². The van der Waals surface area contributed by atoms with E-state index in [9.17, 15) is 24.3 Å². The summed E-state index contributed by atoms with van der Waals surface area (Å²) in [5.74, 6) is 0.638. The molecule has 0 aliphatic carbocycles. The molecule has 4 amide bonds. The van der Waals surface area contributed by atoms with Crippen LogP contribution in [0.25, 0.3) is 44.7 Å². The molecule has 7 rings (SSSR count). The minimum absolute atomic E-state index is 0.00594. The number of hydrogen-bond acceptors (Lipinski definition) is 8. The monoisotopic (exact) mass is 803 g/mol. The molecule has 2 aromatic carbocycles. The molecule has 2 aliphatic rings. The maximum Gasteiger partial charge on any atom is 0.407 e. The molecular formula is C44H53N9O6. The van der Waals surface area contributed by atoms with Gasteiger partial charge in [-0.2, -0.15) is 0 Å². The van der Waals surface area contributed by atoms with E-state index in [-0.39, 0.29) is 47.8 Å². The first kappa shape index (κ1) is 40.9. The molecule has 59 heavy (non-hydrogen) atoms. The van der Waals surface area contributed by atoms with Gasteiger partial charge in [0, 0.05) is 17.5 Å². The molecule has 2 unspecified atom stereocenters. The average molecular weight is 804 g/mol. The summed E-state index contributed by atoms with van der Waals surface area (Å²) < 4.78 is 4.78. The van der Waals surface area contributed by atoms with Crippen molar-refractivity contribution in [1.82, 2.24) is 45.4 Å². The molecule has 2 fully saturated rings. The number of rotatable bonds is 11. The topological polar surface area (TPSA) is 199 Å². The lowest BCUT2D eigenvalue weighted by molar-refractivity contribution is -0.138. The van der Waals surface area contributed by atoms with E-state index >= 15 is 0 Å². The number of carbonyl (C=O) groups is 4. The summed E-state index contributed by atoms with van der Waals surface area (Å²) in [6.07, 6.45) is 4.78. The van der Waals surface area contributed by atoms with Crippen LogP contribution >= 0.6 is 0 Å². The van der Waals surface area contributed by atoms with Gasteiger partial charge in [0.1, 0.15) is 23.7 Å². The molecule has 2 aliphatic heterocycles. The molecule has 0 bridgehead atoms. The molecule has 310 valence electrons. The first-order chi connectivity index (χ1) is 28.2. The van der Waals surface area contributed by atoms with Gasteiger partial charge in [-0.3, -0.25) is 9.59 Å². The number of H-pyrrole nitrogens is 2. The largest absolute Gasteiger partial charge is 0.465 e. The third-order valence-electron chi connectivity index (χ3n) is 11.8. The zero-order chi connectivity index (χ0) is 42.1. The van der Waals surface area contributed by atoms with Gasteiger partial charge in [-0.25, -0.2) is 24.5 Å². The van der Waals surface area contributed by atoms with Crippen LogP contribution in [0.5, 0.6) is 0 Å². The highest BCUT2D eigenvalue weighted by atomic mass is 16.5. The molecular weight excluding hydrogens is 751 g/mol. The van der Waals surface area contributed by atoms with E-state index < -0.39 is 24.3 Å². The van der Waals surface area contributed by atoms with Crippen LogP contribution in [0.2, 0.25) is 0 Å². The molecule has 0 spiro atoms. The Bertz CT molecular complexity index is 2340. The van der Waals surface area contributed by atoms with Crippen molar-refractivity contribution in [2.45, 2.75) is 103 Å². The first-order valence-electron chi connectivity index (χ1n) is 20.3. The molecule has 2 saturated heterocycles. The zero-order valence-electron chi connectivity index (χ0n) is 34.5. The van der Waals surface area contributed by atoms with Crippen molar-refractivity contribution >= 4 is 34.9 Å². The lowest BCUT2D eigenvalue weighted by atomic mass is 10.0. The van der Waals surface area contributed by atoms with E-state index in [0.29, 0.717) is 18.1 Å². The average Bonchev–Trinajstić information content (AvgIpc) is 4.05. The number of fused-ring (bicyclic) bond motifs is 1. The molecule has 3 aromatic heterocycles. The molecule has 15 heteroatoms. The second-order valence-corrected chi connectivity index (χ2v) is 16.4. The summed E-state index contributed by atoms with van der Waals surface area (Å²) in [4.78, 5) is 75.7. The van der Waals surface area contributed by atoms with Gasteiger partial charge in [0.05, 0.1) is 54.2 Å². The highest BCUT2D eigenvalue weighted by Crippen LogP contribution is 2.38. The Morgan fingerprint density at radius 3 is 1.80 bits per heavy atom. The Morgan fingerprint density at radius 1 is 0.712 bits per heavy atom. The van der Waals surface area contributed by atoms with Crippen molar-refractivity contribution in [1.29, 1.82) is 0 Å². The fraction of sp³-hybridized carbons (Fsp3) is 0.432. The lowest BCUT2D eigenvalue weighted by Gasteiger charge is -2.32. The van der Waals surface area contributed by atoms with E-state index in [2.05, 4.69) is 55.9 Å². The maximum absolute atomic E-state index is 13.8. The summed E-state index contributed by atoms with van der Waals surface area (Å²) in [6.45, 7) is 11.5. The van der Waals surface area contributed by atoms with Gasteiger partial charge in [-0.1, -0.05) is 64.1 Å². The second kappa shape index (κ2) is 16.9. The number of nitrogens with zero attached hydrogens (tertiary/aromatic N) is 5. The van der Waals surface area contributed by atoms with Gasteiger partial charge in [0.25, 0.3) is 0 Å². The number of methoxy groups -OCH3 is 1. The van der Waals surface area contributed by atoms with Gasteiger partial charge in [-0.05, 0) is 86.3 Å². The summed E-state index contributed by atoms with van der Waals surface area (Å²) >= 11 is 0. The fourth-order valence-corrected chi connectivity index (χ4v) is 8.50. The van der Waals surface area contributed by atoms with Crippen LogP contribution < -0.4 is 10.6 Å². The van der Waals surface area contributed by atoms with Crippen LogP contribution in [0.3, 0.4) is 0 Å². The number of ether oxygens (including phenoxy) is 1. The van der Waals surface area contributed by atoms with E-state index in [4.69, 9.17) is 14.7 Å². The van der Waals surface area contributed by atoms with Crippen LogP contribution in [0.1, 0.15) is 91.0 Å². The Hall–Kier alpha value is -6.25. The number of alkyl carbamates (subject to hydrolysis) is 1. The quantitative estimate of drug-likeness (QED) is 0.0900. The van der Waals surface area contributed by atoms with Crippen LogP contribution in [-0.4, -0.2) is 95.1 Å². The Kier molecular flexibility index (Phi) is 11.7. The number of aromatic nitrogens is 5. The number of amides is 4. The summed E-state index contributed by atoms with van der Waals surface area (Å²) in [6, 6.07) is 16.2. The van der Waals surface area contributed by atoms with Crippen molar-refractivity contribution in [3.05, 3.63) is 78.6 Å². The maximum atomic E-state index is 13.8. The molecule has 0 saturated carbocycles. The standard InChI is InChI=1S/C44H53N9O6/c1-23(2)37(50-43(56)57)41(54)52-25(5)9-19-36(52)40-46-22-34(49-40)32-17-15-30-20-29(14-16-31(30)47-32)27-10-12-28(13-11-27)33-21-45-39(48-33)35-18-8-26(6)53(35)42(55)38(24(3)4)51-44(58)59-7/h10-17,20-26,35-38,50H,8-9,18-19H2,1-7H3,(H,45,48)(H,46,49)(H,51,58)(H,56,57)/t25-,26?,35?,36-,37-,38-/m0/s1. The lowest BCUT2D eigenvalue weighted by Crippen LogP contribution is -2.52. The van der Waals surface area contributed by atoms with Crippen LogP contribution in [0.15, 0.2) is 67.0 Å². The predicted octanol–water partition coefficient (Wildman–Crippen LogP) is 7.46. The smallest absolute Gasteiger partial charge is 0.407 e. The summed E-state index contributed by atoms with van der Waals surface area (Å²) in [5, 5.41) is 15.5. The number of benzene rings is 2. The molecule has 5 heterocycles. The van der Waals surface area contributed by atoms with E-state index in [1.165, 1.54) is 7.11 Å². The van der Waals surface area contributed by atoms with E-state index in [0.717, 1.165) is 63.9 Å². The molecule has 5 aromatic rings. The highest BCUT2D eigenvalue weighted by molar-refractivity contribution is 5.88. The number of carboxylic acid groups (broad SMARTS) is 1. The second-order valence-electron chi connectivity index (χ2n) is 16.4. The minimum atomic E-state index is -1.22. The van der Waals surface area contributed by atoms with Gasteiger partial charge >= 0.3 is 12.2 Å². The van der Waals surface area contributed by atoms with Gasteiger partial charge in [0.15, 0.2) is 0 Å². The third-order valence-corrected chi connectivity index (χ3v) is 11.8. The SMILES string of the molecule is COC(=O)N[C@H](C(=O)N1C(C)CCC1c1ncc(-c2ccc(-c3ccc4nc(-c5cnc([C@@H]6CC[C@H](C)N6C(=O)[C@@H](NC(=O)O)C(C)C)[nH]5)ccc4c3)cc2)[nH]1)C(C)C. The van der Waals surface area contributed by atoms with Gasteiger partial charge < -0.3 is 40.2 Å². The van der Waals surface area contributed by atoms with Crippen LogP contribution in [0, 0.1) is 11.8 Å². The fourth-order valence-electron chi connectivity index (χ4n) is 8.50. The highest BCUT2D eigenvalue weighted by Gasteiger charge is 2.42. The van der Waals surface area contributed by atoms with E-state index in [1.54, 1.807) is 17.3 Å². The Morgan fingerprint density at radius 2 is 1.24 bits per heavy atom. The van der Waals surface area contributed by atoms with Crippen molar-refractivity contribution < 1.29 is 29.0 Å². The van der Waals surface area contributed by atoms with Crippen LogP contribution in [0.4, 0.5) is 9.59 Å². The van der Waals surface area contributed by atoms with Crippen molar-refractivity contribution in [2.75, 3.05) is 7.11 Å². The number of likely N-dealkylation sites (tertiary alicyclic amines) is 2. The van der Waals surface area contributed by atoms with Gasteiger partial charge in [-0.15, -0.1) is 0 Å². The minimum Gasteiger partial charge on any atom is -0.465 e. The number of pyridine rings is 1. The van der Waals surface area contributed by atoms with Crippen molar-refractivity contribution in [2.24, 2.45) is 11.8 Å². The molecule has 0 radical (unpaired) electrons. The molecule has 15 nitrogen and oxygen atoms in total. The zero-order valence-corrected chi connectivity index (χ0v) is 34.5. The molecule has 5 N–H and O–H groups in total. The number of nitrogens with one attached hydrogen (secondary N) is 4. The summed E-state index contributed by atoms with van der Waals surface area (Å²) in [5.41, 5.74) is 6.17.